The number of hydrogen-bond donors (Lipinski definition) is 1. The largest absolute Gasteiger partial charge is 0.330 e. The molecule has 0 aromatic carbocycles. The van der Waals surface area contributed by atoms with Gasteiger partial charge in [-0.1, -0.05) is 19.6 Å². The highest BCUT2D eigenvalue weighted by atomic mass is 16.1. The van der Waals surface area contributed by atoms with Crippen LogP contribution >= 0.6 is 0 Å². The second kappa shape index (κ2) is 3.88. The van der Waals surface area contributed by atoms with Crippen molar-refractivity contribution in [3.8, 4) is 0 Å². The number of carbonyl (C=O) groups is 1. The van der Waals surface area contributed by atoms with Gasteiger partial charge in [0.15, 0.2) is 0 Å². The van der Waals surface area contributed by atoms with Crippen LogP contribution in [0.2, 0.25) is 0 Å². The van der Waals surface area contributed by atoms with Crippen molar-refractivity contribution in [2.45, 2.75) is 13.8 Å². The molecule has 1 N–H and O–H groups in total. The molecule has 0 aliphatic carbocycles. The minimum atomic E-state index is -0.142. The summed E-state index contributed by atoms with van der Waals surface area (Å²) in [5.41, 5.74) is 0.665. The van der Waals surface area contributed by atoms with Gasteiger partial charge in [-0.05, 0) is 6.92 Å². The van der Waals surface area contributed by atoms with E-state index in [1.807, 2.05) is 0 Å². The first-order valence-corrected chi connectivity index (χ1v) is 3.17. The lowest BCUT2D eigenvalue weighted by Gasteiger charge is -2.05. The minimum Gasteiger partial charge on any atom is -0.330 e. The Bertz CT molecular complexity index is 161. The Morgan fingerprint density at radius 1 is 1.70 bits per heavy atom. The average Bonchev–Trinajstić information content (AvgIpc) is 1.85. The van der Waals surface area contributed by atoms with E-state index in [4.69, 9.17) is 0 Å². The van der Waals surface area contributed by atoms with E-state index in [0.717, 1.165) is 0 Å². The van der Waals surface area contributed by atoms with Gasteiger partial charge in [-0.15, -0.1) is 6.58 Å². The average molecular weight is 139 g/mol. The summed E-state index contributed by atoms with van der Waals surface area (Å²) in [6.07, 6.45) is 1.60. The van der Waals surface area contributed by atoms with E-state index >= 15 is 0 Å². The van der Waals surface area contributed by atoms with E-state index in [1.54, 1.807) is 19.9 Å². The molecule has 1 atom stereocenters. The quantitative estimate of drug-likeness (QED) is 0.589. The van der Waals surface area contributed by atoms with Crippen LogP contribution in [0.25, 0.3) is 0 Å². The topological polar surface area (TPSA) is 29.1 Å². The fraction of sp³-hybridized carbons (Fsp3) is 0.375. The Hall–Kier alpha value is -1.05. The zero-order chi connectivity index (χ0) is 8.15. The van der Waals surface area contributed by atoms with Crippen LogP contribution in [0.3, 0.4) is 0 Å². The van der Waals surface area contributed by atoms with E-state index in [1.165, 1.54) is 0 Å². The van der Waals surface area contributed by atoms with Gasteiger partial charge < -0.3 is 5.32 Å². The van der Waals surface area contributed by atoms with Gasteiger partial charge >= 0.3 is 0 Å². The Balaban J connectivity index is 3.84. The molecule has 0 saturated heterocycles. The minimum absolute atomic E-state index is 0.0532. The first kappa shape index (κ1) is 8.95. The summed E-state index contributed by atoms with van der Waals surface area (Å²) in [5.74, 6) is -0.195. The van der Waals surface area contributed by atoms with Gasteiger partial charge in [0.05, 0.1) is 5.92 Å². The molecule has 0 bridgehead atoms. The van der Waals surface area contributed by atoms with Crippen molar-refractivity contribution in [1.82, 2.24) is 5.32 Å². The van der Waals surface area contributed by atoms with Crippen LogP contribution in [0.5, 0.6) is 0 Å². The zero-order valence-corrected chi connectivity index (χ0v) is 6.48. The summed E-state index contributed by atoms with van der Waals surface area (Å²) in [7, 11) is 0. The van der Waals surface area contributed by atoms with Crippen LogP contribution in [-0.4, -0.2) is 5.91 Å². The van der Waals surface area contributed by atoms with Gasteiger partial charge in [0, 0.05) is 5.70 Å². The molecule has 0 heterocycles. The molecule has 1 unspecified atom stereocenters. The smallest absolute Gasteiger partial charge is 0.230 e. The molecule has 0 aromatic rings. The molecule has 10 heavy (non-hydrogen) atoms. The molecule has 0 spiro atoms. The van der Waals surface area contributed by atoms with Gasteiger partial charge in [-0.3, -0.25) is 4.79 Å². The predicted molar refractivity (Wildman–Crippen MR) is 42.3 cm³/mol. The zero-order valence-electron chi connectivity index (χ0n) is 6.48. The molecule has 0 radical (unpaired) electrons. The van der Waals surface area contributed by atoms with E-state index in [0.29, 0.717) is 5.70 Å². The third kappa shape index (κ3) is 3.07. The lowest BCUT2D eigenvalue weighted by atomic mass is 10.1. The fourth-order valence-electron chi connectivity index (χ4n) is 0.431. The normalized spacial score (nSPS) is 11.8. The first-order valence-electron chi connectivity index (χ1n) is 3.17. The van der Waals surface area contributed by atoms with Crippen LogP contribution in [0, 0.1) is 5.92 Å². The van der Waals surface area contributed by atoms with E-state index in [-0.39, 0.29) is 11.8 Å². The maximum absolute atomic E-state index is 10.9. The lowest BCUT2D eigenvalue weighted by molar-refractivity contribution is -0.122. The van der Waals surface area contributed by atoms with E-state index in [9.17, 15) is 4.79 Å². The SMILES string of the molecule is C=CC(C)C(=O)NC(=C)C. The van der Waals surface area contributed by atoms with Crippen molar-refractivity contribution in [3.05, 3.63) is 24.9 Å². The van der Waals surface area contributed by atoms with Crippen molar-refractivity contribution < 1.29 is 4.79 Å². The van der Waals surface area contributed by atoms with Crippen molar-refractivity contribution in [1.29, 1.82) is 0 Å². The monoisotopic (exact) mass is 139 g/mol. The van der Waals surface area contributed by atoms with Crippen LogP contribution in [0.1, 0.15) is 13.8 Å². The molecule has 0 aliphatic heterocycles. The molecule has 0 aromatic heterocycles. The summed E-state index contributed by atoms with van der Waals surface area (Å²) in [5, 5.41) is 2.59. The van der Waals surface area contributed by atoms with E-state index < -0.39 is 0 Å². The van der Waals surface area contributed by atoms with Crippen molar-refractivity contribution in [3.63, 3.8) is 0 Å². The summed E-state index contributed by atoms with van der Waals surface area (Å²) < 4.78 is 0. The molecule has 56 valence electrons. The highest BCUT2D eigenvalue weighted by Gasteiger charge is 2.06. The first-order chi connectivity index (χ1) is 4.57. The summed E-state index contributed by atoms with van der Waals surface area (Å²) in [6, 6.07) is 0. The second-order valence-corrected chi connectivity index (χ2v) is 2.29. The van der Waals surface area contributed by atoms with Gasteiger partial charge in [-0.2, -0.15) is 0 Å². The van der Waals surface area contributed by atoms with Crippen molar-refractivity contribution in [2.75, 3.05) is 0 Å². The highest BCUT2D eigenvalue weighted by molar-refractivity contribution is 5.81. The molecular formula is C8H13NO. The van der Waals surface area contributed by atoms with Crippen molar-refractivity contribution >= 4 is 5.91 Å². The van der Waals surface area contributed by atoms with Gasteiger partial charge in [0.1, 0.15) is 0 Å². The molecule has 0 aliphatic rings. The number of carbonyl (C=O) groups excluding carboxylic acids is 1. The number of amides is 1. The molecule has 0 saturated carbocycles. The van der Waals surface area contributed by atoms with Crippen LogP contribution < -0.4 is 5.32 Å². The van der Waals surface area contributed by atoms with Crippen LogP contribution in [0.15, 0.2) is 24.9 Å². The summed E-state index contributed by atoms with van der Waals surface area (Å²) in [6.45, 7) is 10.6. The Morgan fingerprint density at radius 3 is 2.50 bits per heavy atom. The van der Waals surface area contributed by atoms with E-state index in [2.05, 4.69) is 18.5 Å². The van der Waals surface area contributed by atoms with Crippen molar-refractivity contribution in [2.24, 2.45) is 5.92 Å². The van der Waals surface area contributed by atoms with Crippen LogP contribution in [-0.2, 0) is 4.79 Å². The molecule has 2 nitrogen and oxygen atoms in total. The highest BCUT2D eigenvalue weighted by Crippen LogP contribution is 1.95. The van der Waals surface area contributed by atoms with Gasteiger partial charge in [0.25, 0.3) is 0 Å². The number of allylic oxidation sites excluding steroid dienone is 1. The lowest BCUT2D eigenvalue weighted by Crippen LogP contribution is -2.25. The number of hydrogen-bond acceptors (Lipinski definition) is 1. The Kier molecular flexibility index (Phi) is 3.47. The third-order valence-corrected chi connectivity index (χ3v) is 1.10. The summed E-state index contributed by atoms with van der Waals surface area (Å²) >= 11 is 0. The maximum atomic E-state index is 10.9. The maximum Gasteiger partial charge on any atom is 0.230 e. The molecule has 0 fully saturated rings. The molecule has 0 rings (SSSR count). The molecule has 2 heteroatoms. The standard InChI is InChI=1S/C8H13NO/c1-5-7(4)8(10)9-6(2)3/h5,7H,1-2H2,3-4H3,(H,9,10). The number of nitrogens with one attached hydrogen (secondary N) is 1. The Morgan fingerprint density at radius 2 is 2.20 bits per heavy atom. The van der Waals surface area contributed by atoms with Crippen LogP contribution in [0.4, 0.5) is 0 Å². The predicted octanol–water partition coefficient (Wildman–Crippen LogP) is 1.46. The summed E-state index contributed by atoms with van der Waals surface area (Å²) in [4.78, 5) is 10.9. The second-order valence-electron chi connectivity index (χ2n) is 2.29. The molecular weight excluding hydrogens is 126 g/mol. The molecule has 1 amide bonds. The fourth-order valence-corrected chi connectivity index (χ4v) is 0.431. The Labute approximate surface area is 61.6 Å². The number of rotatable bonds is 3. The third-order valence-electron chi connectivity index (χ3n) is 1.10. The van der Waals surface area contributed by atoms with Gasteiger partial charge in [0.2, 0.25) is 5.91 Å². The van der Waals surface area contributed by atoms with Gasteiger partial charge in [-0.25, -0.2) is 0 Å².